The van der Waals surface area contributed by atoms with Gasteiger partial charge < -0.3 is 0 Å². The third kappa shape index (κ3) is 1.58. The molecule has 1 saturated carbocycles. The first-order valence-corrected chi connectivity index (χ1v) is 6.22. The molecule has 2 bridgehead atoms. The van der Waals surface area contributed by atoms with Crippen molar-refractivity contribution < 1.29 is 0 Å². The van der Waals surface area contributed by atoms with Crippen molar-refractivity contribution in [2.45, 2.75) is 47.0 Å². The van der Waals surface area contributed by atoms with Gasteiger partial charge in [0, 0.05) is 0 Å². The Balaban J connectivity index is 2.39. The summed E-state index contributed by atoms with van der Waals surface area (Å²) in [6.45, 7) is 13.5. The van der Waals surface area contributed by atoms with Crippen LogP contribution in [0.15, 0.2) is 24.3 Å². The summed E-state index contributed by atoms with van der Waals surface area (Å²) in [5.74, 6) is 1.64. The lowest BCUT2D eigenvalue weighted by molar-refractivity contribution is 0.0797. The Morgan fingerprint density at radius 3 is 2.67 bits per heavy atom. The van der Waals surface area contributed by atoms with Gasteiger partial charge in [-0.1, -0.05) is 38.5 Å². The van der Waals surface area contributed by atoms with Crippen LogP contribution >= 0.6 is 0 Å². The van der Waals surface area contributed by atoms with Crippen LogP contribution in [0.2, 0.25) is 0 Å². The van der Waals surface area contributed by atoms with Crippen LogP contribution in [0, 0.1) is 22.7 Å². The molecule has 0 saturated heterocycles. The Bertz CT molecular complexity index is 308. The van der Waals surface area contributed by atoms with E-state index < -0.39 is 0 Å². The summed E-state index contributed by atoms with van der Waals surface area (Å²) in [4.78, 5) is 0. The topological polar surface area (TPSA) is 0 Å². The molecule has 84 valence electrons. The molecule has 3 atom stereocenters. The number of hydrogen-bond donors (Lipinski definition) is 0. The van der Waals surface area contributed by atoms with Crippen molar-refractivity contribution in [2.75, 3.05) is 0 Å². The summed E-state index contributed by atoms with van der Waals surface area (Å²) in [5, 5.41) is 0. The number of allylic oxidation sites excluding steroid dienone is 3. The maximum Gasteiger partial charge on any atom is -0.00837 e. The second-order valence-corrected chi connectivity index (χ2v) is 6.44. The summed E-state index contributed by atoms with van der Waals surface area (Å²) in [6.07, 6.45) is 8.78. The zero-order valence-corrected chi connectivity index (χ0v) is 10.6. The van der Waals surface area contributed by atoms with Gasteiger partial charge in [-0.2, -0.15) is 0 Å². The quantitative estimate of drug-likeness (QED) is 0.548. The summed E-state index contributed by atoms with van der Waals surface area (Å²) >= 11 is 0. The Kier molecular flexibility index (Phi) is 2.37. The van der Waals surface area contributed by atoms with E-state index >= 15 is 0 Å². The third-order valence-electron chi connectivity index (χ3n) is 5.02. The molecule has 0 nitrogen and oxygen atoms in total. The lowest BCUT2D eigenvalue weighted by Gasteiger charge is -2.51. The average Bonchev–Trinajstić information content (AvgIpc) is 2.16. The van der Waals surface area contributed by atoms with Crippen molar-refractivity contribution in [3.05, 3.63) is 24.3 Å². The molecule has 2 aliphatic carbocycles. The first-order chi connectivity index (χ1) is 6.89. The predicted molar refractivity (Wildman–Crippen MR) is 66.7 cm³/mol. The SMILES string of the molecule is C=C[C@]1(C)CCC2CC1C(C)=CC2(C)C. The Morgan fingerprint density at radius 2 is 2.07 bits per heavy atom. The van der Waals surface area contributed by atoms with Crippen LogP contribution in [0.1, 0.15) is 47.0 Å². The van der Waals surface area contributed by atoms with Crippen molar-refractivity contribution in [1.82, 2.24) is 0 Å². The summed E-state index contributed by atoms with van der Waals surface area (Å²) in [6, 6.07) is 0. The van der Waals surface area contributed by atoms with Crippen molar-refractivity contribution >= 4 is 0 Å². The number of rotatable bonds is 1. The molecule has 0 aromatic carbocycles. The van der Waals surface area contributed by atoms with Gasteiger partial charge in [-0.15, -0.1) is 6.58 Å². The first kappa shape index (κ1) is 11.0. The highest BCUT2D eigenvalue weighted by atomic mass is 14.5. The zero-order valence-electron chi connectivity index (χ0n) is 10.6. The smallest absolute Gasteiger partial charge is 0.00837 e. The standard InChI is InChI=1S/C15H24/c1-6-15(5)8-7-12-9-13(15)11(2)10-14(12,3)4/h6,10,12-13H,1,7-9H2,2-5H3/t12?,13?,15-/m1/s1. The van der Waals surface area contributed by atoms with E-state index in [4.69, 9.17) is 0 Å². The van der Waals surface area contributed by atoms with Gasteiger partial charge in [0.15, 0.2) is 0 Å². The van der Waals surface area contributed by atoms with Gasteiger partial charge in [-0.05, 0) is 48.9 Å². The summed E-state index contributed by atoms with van der Waals surface area (Å²) in [5.41, 5.74) is 2.37. The van der Waals surface area contributed by atoms with Gasteiger partial charge in [0.2, 0.25) is 0 Å². The lowest BCUT2D eigenvalue weighted by Crippen LogP contribution is -2.41. The van der Waals surface area contributed by atoms with Crippen LogP contribution in [-0.2, 0) is 0 Å². The summed E-state index contributed by atoms with van der Waals surface area (Å²) < 4.78 is 0. The molecule has 0 N–H and O–H groups in total. The molecule has 0 spiro atoms. The van der Waals surface area contributed by atoms with Gasteiger partial charge in [-0.3, -0.25) is 0 Å². The fraction of sp³-hybridized carbons (Fsp3) is 0.733. The average molecular weight is 204 g/mol. The van der Waals surface area contributed by atoms with Crippen molar-refractivity contribution in [1.29, 1.82) is 0 Å². The van der Waals surface area contributed by atoms with Crippen molar-refractivity contribution in [3.63, 3.8) is 0 Å². The lowest BCUT2D eigenvalue weighted by atomic mass is 9.53. The summed E-state index contributed by atoms with van der Waals surface area (Å²) in [7, 11) is 0. The normalized spacial score (nSPS) is 43.3. The molecule has 15 heavy (non-hydrogen) atoms. The van der Waals surface area contributed by atoms with Gasteiger partial charge in [-0.25, -0.2) is 0 Å². The Labute approximate surface area is 94.5 Å². The second-order valence-electron chi connectivity index (χ2n) is 6.44. The maximum absolute atomic E-state index is 4.05. The van der Waals surface area contributed by atoms with E-state index in [0.29, 0.717) is 10.8 Å². The van der Waals surface area contributed by atoms with E-state index in [0.717, 1.165) is 11.8 Å². The van der Waals surface area contributed by atoms with Crippen LogP contribution in [0.4, 0.5) is 0 Å². The molecular weight excluding hydrogens is 180 g/mol. The second kappa shape index (κ2) is 3.23. The molecule has 1 fully saturated rings. The van der Waals surface area contributed by atoms with Gasteiger partial charge in [0.1, 0.15) is 0 Å². The fourth-order valence-electron chi connectivity index (χ4n) is 3.76. The van der Waals surface area contributed by atoms with Crippen LogP contribution in [0.5, 0.6) is 0 Å². The molecule has 0 aromatic heterocycles. The molecule has 0 amide bonds. The van der Waals surface area contributed by atoms with E-state index in [1.807, 2.05) is 0 Å². The van der Waals surface area contributed by atoms with Crippen molar-refractivity contribution in [2.24, 2.45) is 22.7 Å². The highest BCUT2D eigenvalue weighted by molar-refractivity contribution is 5.22. The van der Waals surface area contributed by atoms with Crippen LogP contribution in [0.3, 0.4) is 0 Å². The molecule has 0 aliphatic heterocycles. The maximum atomic E-state index is 4.05. The molecule has 2 rings (SSSR count). The molecule has 0 heterocycles. The van der Waals surface area contributed by atoms with E-state index in [1.54, 1.807) is 5.57 Å². The monoisotopic (exact) mass is 204 g/mol. The highest BCUT2D eigenvalue weighted by Crippen LogP contribution is 2.55. The van der Waals surface area contributed by atoms with Gasteiger partial charge in [0.05, 0.1) is 0 Å². The van der Waals surface area contributed by atoms with E-state index in [9.17, 15) is 0 Å². The van der Waals surface area contributed by atoms with E-state index in [-0.39, 0.29) is 0 Å². The molecule has 0 aromatic rings. The molecular formula is C15H24. The third-order valence-corrected chi connectivity index (χ3v) is 5.02. The zero-order chi connectivity index (χ0) is 11.3. The largest absolute Gasteiger partial charge is 0.103 e. The minimum absolute atomic E-state index is 0.355. The molecule has 2 aliphatic rings. The number of hydrogen-bond acceptors (Lipinski definition) is 0. The minimum Gasteiger partial charge on any atom is -0.103 e. The van der Waals surface area contributed by atoms with E-state index in [2.05, 4.69) is 46.4 Å². The van der Waals surface area contributed by atoms with Crippen LogP contribution < -0.4 is 0 Å². The Morgan fingerprint density at radius 1 is 1.40 bits per heavy atom. The number of fused-ring (bicyclic) bond motifs is 2. The Hall–Kier alpha value is -0.520. The minimum atomic E-state index is 0.355. The van der Waals surface area contributed by atoms with Crippen LogP contribution in [0.25, 0.3) is 0 Å². The van der Waals surface area contributed by atoms with Crippen molar-refractivity contribution in [3.8, 4) is 0 Å². The molecule has 0 heteroatoms. The van der Waals surface area contributed by atoms with Gasteiger partial charge in [0.25, 0.3) is 0 Å². The fourth-order valence-corrected chi connectivity index (χ4v) is 3.76. The molecule has 0 radical (unpaired) electrons. The highest BCUT2D eigenvalue weighted by Gasteiger charge is 2.45. The van der Waals surface area contributed by atoms with Crippen LogP contribution in [-0.4, -0.2) is 0 Å². The predicted octanol–water partition coefficient (Wildman–Crippen LogP) is 4.58. The molecule has 2 unspecified atom stereocenters. The first-order valence-electron chi connectivity index (χ1n) is 6.22. The van der Waals surface area contributed by atoms with E-state index in [1.165, 1.54) is 19.3 Å². The van der Waals surface area contributed by atoms with Gasteiger partial charge >= 0.3 is 0 Å².